The van der Waals surface area contributed by atoms with Gasteiger partial charge in [-0.15, -0.1) is 0 Å². The maximum atomic E-state index is 12.6. The molecule has 0 amide bonds. The monoisotopic (exact) mass is 305 g/mol. The standard InChI is InChI=1S/C18H18F3N/c1-11(2)13-5-8-16-14(9-13)10-17(22-16)12-3-6-15(7-4-12)18(19,20)21/h3-9,11,17,22H,10H2,1-2H3. The smallest absolute Gasteiger partial charge is 0.378 e. The van der Waals surface area contributed by atoms with E-state index in [-0.39, 0.29) is 6.04 Å². The molecular formula is C18H18F3N. The van der Waals surface area contributed by atoms with Crippen molar-refractivity contribution in [3.8, 4) is 0 Å². The fourth-order valence-electron chi connectivity index (χ4n) is 2.85. The van der Waals surface area contributed by atoms with E-state index in [9.17, 15) is 13.2 Å². The number of rotatable bonds is 2. The Labute approximate surface area is 128 Å². The van der Waals surface area contributed by atoms with Crippen LogP contribution >= 0.6 is 0 Å². The first-order valence-corrected chi connectivity index (χ1v) is 7.41. The molecule has 1 aliphatic heterocycles. The van der Waals surface area contributed by atoms with Crippen LogP contribution in [0.3, 0.4) is 0 Å². The van der Waals surface area contributed by atoms with E-state index in [1.165, 1.54) is 11.1 Å². The number of nitrogens with one attached hydrogen (secondary N) is 1. The van der Waals surface area contributed by atoms with Gasteiger partial charge >= 0.3 is 6.18 Å². The third-order valence-electron chi connectivity index (χ3n) is 4.19. The quantitative estimate of drug-likeness (QED) is 0.768. The predicted molar refractivity (Wildman–Crippen MR) is 82.0 cm³/mol. The van der Waals surface area contributed by atoms with Crippen LogP contribution in [0.15, 0.2) is 42.5 Å². The van der Waals surface area contributed by atoms with Crippen LogP contribution in [0.2, 0.25) is 0 Å². The van der Waals surface area contributed by atoms with Crippen LogP contribution in [0.25, 0.3) is 0 Å². The molecule has 4 heteroatoms. The number of hydrogen-bond acceptors (Lipinski definition) is 1. The number of hydrogen-bond donors (Lipinski definition) is 1. The van der Waals surface area contributed by atoms with E-state index >= 15 is 0 Å². The highest BCUT2D eigenvalue weighted by Crippen LogP contribution is 2.37. The van der Waals surface area contributed by atoms with Gasteiger partial charge in [0.1, 0.15) is 0 Å². The van der Waals surface area contributed by atoms with Gasteiger partial charge in [-0.05, 0) is 47.2 Å². The molecule has 0 saturated heterocycles. The van der Waals surface area contributed by atoms with Gasteiger partial charge in [-0.25, -0.2) is 0 Å². The summed E-state index contributed by atoms with van der Waals surface area (Å²) in [7, 11) is 0. The normalized spacial score (nSPS) is 17.5. The van der Waals surface area contributed by atoms with Gasteiger partial charge in [0.2, 0.25) is 0 Å². The lowest BCUT2D eigenvalue weighted by molar-refractivity contribution is -0.137. The van der Waals surface area contributed by atoms with Crippen molar-refractivity contribution in [2.45, 2.75) is 38.4 Å². The Bertz CT molecular complexity index is 672. The topological polar surface area (TPSA) is 12.0 Å². The SMILES string of the molecule is CC(C)c1ccc2c(c1)CC(c1ccc(C(F)(F)F)cc1)N2. The molecule has 0 saturated carbocycles. The van der Waals surface area contributed by atoms with Gasteiger partial charge < -0.3 is 5.32 Å². The fourth-order valence-corrected chi connectivity index (χ4v) is 2.85. The summed E-state index contributed by atoms with van der Waals surface area (Å²) < 4.78 is 37.8. The summed E-state index contributed by atoms with van der Waals surface area (Å²) in [5, 5.41) is 3.39. The van der Waals surface area contributed by atoms with E-state index in [4.69, 9.17) is 0 Å². The largest absolute Gasteiger partial charge is 0.416 e. The summed E-state index contributed by atoms with van der Waals surface area (Å²) in [6.45, 7) is 4.30. The van der Waals surface area contributed by atoms with Crippen LogP contribution in [0.1, 0.15) is 48.1 Å². The number of alkyl halides is 3. The van der Waals surface area contributed by atoms with Crippen molar-refractivity contribution < 1.29 is 13.2 Å². The lowest BCUT2D eigenvalue weighted by Gasteiger charge is -2.13. The van der Waals surface area contributed by atoms with Crippen molar-refractivity contribution in [2.75, 3.05) is 5.32 Å². The molecule has 0 bridgehead atoms. The van der Waals surface area contributed by atoms with Gasteiger partial charge in [-0.3, -0.25) is 0 Å². The van der Waals surface area contributed by atoms with Gasteiger partial charge in [0.15, 0.2) is 0 Å². The molecule has 1 atom stereocenters. The zero-order valence-corrected chi connectivity index (χ0v) is 12.5. The van der Waals surface area contributed by atoms with Crippen molar-refractivity contribution in [1.82, 2.24) is 0 Å². The Balaban J connectivity index is 1.81. The van der Waals surface area contributed by atoms with Gasteiger partial charge in [0.25, 0.3) is 0 Å². The minimum atomic E-state index is -4.28. The Hall–Kier alpha value is -1.97. The minimum Gasteiger partial charge on any atom is -0.378 e. The number of halogens is 3. The second kappa shape index (κ2) is 5.34. The first kappa shape index (κ1) is 14.9. The van der Waals surface area contributed by atoms with Gasteiger partial charge in [-0.1, -0.05) is 38.1 Å². The van der Waals surface area contributed by atoms with Crippen LogP contribution in [0.4, 0.5) is 18.9 Å². The fraction of sp³-hybridized carbons (Fsp3) is 0.333. The van der Waals surface area contributed by atoms with Crippen molar-refractivity contribution in [3.05, 3.63) is 64.7 Å². The Morgan fingerprint density at radius 1 is 1.05 bits per heavy atom. The lowest BCUT2D eigenvalue weighted by Crippen LogP contribution is -2.08. The Morgan fingerprint density at radius 2 is 1.73 bits per heavy atom. The first-order valence-electron chi connectivity index (χ1n) is 7.41. The number of anilines is 1. The summed E-state index contributed by atoms with van der Waals surface area (Å²) >= 11 is 0. The third-order valence-corrected chi connectivity index (χ3v) is 4.19. The molecule has 1 nitrogen and oxygen atoms in total. The molecule has 2 aromatic carbocycles. The van der Waals surface area contributed by atoms with Crippen LogP contribution in [-0.2, 0) is 12.6 Å². The van der Waals surface area contributed by atoms with Crippen LogP contribution < -0.4 is 5.32 Å². The molecule has 0 aliphatic carbocycles. The van der Waals surface area contributed by atoms with Gasteiger partial charge in [0, 0.05) is 5.69 Å². The molecule has 1 aliphatic rings. The van der Waals surface area contributed by atoms with E-state index in [2.05, 4.69) is 37.4 Å². The predicted octanol–water partition coefficient (Wildman–Crippen LogP) is 5.54. The van der Waals surface area contributed by atoms with E-state index in [0.717, 1.165) is 29.8 Å². The molecule has 22 heavy (non-hydrogen) atoms. The average Bonchev–Trinajstić information content (AvgIpc) is 2.89. The van der Waals surface area contributed by atoms with E-state index in [0.29, 0.717) is 5.92 Å². The molecule has 1 N–H and O–H groups in total. The van der Waals surface area contributed by atoms with Gasteiger partial charge in [0.05, 0.1) is 11.6 Å². The molecular weight excluding hydrogens is 287 g/mol. The maximum Gasteiger partial charge on any atom is 0.416 e. The minimum absolute atomic E-state index is 0.0414. The highest BCUT2D eigenvalue weighted by Gasteiger charge is 2.30. The highest BCUT2D eigenvalue weighted by atomic mass is 19.4. The van der Waals surface area contributed by atoms with E-state index in [1.54, 1.807) is 12.1 Å². The van der Waals surface area contributed by atoms with Crippen molar-refractivity contribution in [2.24, 2.45) is 0 Å². The molecule has 2 aromatic rings. The lowest BCUT2D eigenvalue weighted by atomic mass is 9.97. The van der Waals surface area contributed by atoms with Crippen LogP contribution in [0.5, 0.6) is 0 Å². The molecule has 0 radical (unpaired) electrons. The molecule has 3 rings (SSSR count). The molecule has 0 fully saturated rings. The van der Waals surface area contributed by atoms with E-state index < -0.39 is 11.7 Å². The van der Waals surface area contributed by atoms with Crippen molar-refractivity contribution in [3.63, 3.8) is 0 Å². The number of benzene rings is 2. The zero-order chi connectivity index (χ0) is 15.9. The maximum absolute atomic E-state index is 12.6. The van der Waals surface area contributed by atoms with Crippen LogP contribution in [0, 0.1) is 0 Å². The Kier molecular flexibility index (Phi) is 3.63. The van der Waals surface area contributed by atoms with Crippen molar-refractivity contribution in [1.29, 1.82) is 0 Å². The summed E-state index contributed by atoms with van der Waals surface area (Å²) in [5.41, 5.74) is 3.88. The molecule has 1 heterocycles. The Morgan fingerprint density at radius 3 is 2.32 bits per heavy atom. The third kappa shape index (κ3) is 2.82. The van der Waals surface area contributed by atoms with E-state index in [1.807, 2.05) is 0 Å². The van der Waals surface area contributed by atoms with Crippen LogP contribution in [-0.4, -0.2) is 0 Å². The summed E-state index contributed by atoms with van der Waals surface area (Å²) in [6.07, 6.45) is -3.47. The molecule has 116 valence electrons. The summed E-state index contributed by atoms with van der Waals surface area (Å²) in [4.78, 5) is 0. The summed E-state index contributed by atoms with van der Waals surface area (Å²) in [5.74, 6) is 0.468. The summed E-state index contributed by atoms with van der Waals surface area (Å²) in [6, 6.07) is 11.8. The highest BCUT2D eigenvalue weighted by molar-refractivity contribution is 5.59. The first-order chi connectivity index (χ1) is 10.3. The second-order valence-electron chi connectivity index (χ2n) is 6.09. The number of fused-ring (bicyclic) bond motifs is 1. The molecule has 0 spiro atoms. The molecule has 1 unspecified atom stereocenters. The van der Waals surface area contributed by atoms with Gasteiger partial charge in [-0.2, -0.15) is 13.2 Å². The second-order valence-corrected chi connectivity index (χ2v) is 6.09. The zero-order valence-electron chi connectivity index (χ0n) is 12.5. The average molecular weight is 305 g/mol. The molecule has 0 aromatic heterocycles. The van der Waals surface area contributed by atoms with Crippen molar-refractivity contribution >= 4 is 5.69 Å².